The average Bonchev–Trinajstić information content (AvgIpc) is 2.96. The number of benzene rings is 2. The third kappa shape index (κ3) is 3.20. The summed E-state index contributed by atoms with van der Waals surface area (Å²) in [4.78, 5) is 16.5. The number of para-hydroxylation sites is 1. The lowest BCUT2D eigenvalue weighted by molar-refractivity contribution is -0.119. The predicted molar refractivity (Wildman–Crippen MR) is 107 cm³/mol. The van der Waals surface area contributed by atoms with Gasteiger partial charge < -0.3 is 10.6 Å². The molecule has 4 nitrogen and oxygen atoms in total. The van der Waals surface area contributed by atoms with Gasteiger partial charge >= 0.3 is 0 Å². The Labute approximate surface area is 162 Å². The van der Waals surface area contributed by atoms with Crippen molar-refractivity contribution in [1.82, 2.24) is 10.3 Å². The Morgan fingerprint density at radius 1 is 1.23 bits per heavy atom. The second-order valence-electron chi connectivity index (χ2n) is 5.78. The van der Waals surface area contributed by atoms with Gasteiger partial charge in [-0.2, -0.15) is 0 Å². The number of anilines is 2. The number of carbonyl (C=O) groups is 1. The first-order chi connectivity index (χ1) is 12.5. The molecule has 1 amide bonds. The van der Waals surface area contributed by atoms with Crippen LogP contribution in [0, 0.1) is 5.82 Å². The number of aromatic nitrogens is 1. The Bertz CT molecular complexity index is 1040. The number of pyridine rings is 1. The van der Waals surface area contributed by atoms with E-state index in [1.807, 2.05) is 24.3 Å². The van der Waals surface area contributed by atoms with E-state index in [1.165, 1.54) is 17.8 Å². The van der Waals surface area contributed by atoms with Crippen molar-refractivity contribution in [3.63, 3.8) is 0 Å². The van der Waals surface area contributed by atoms with Crippen LogP contribution in [0.5, 0.6) is 0 Å². The van der Waals surface area contributed by atoms with Gasteiger partial charge in [0.15, 0.2) is 0 Å². The van der Waals surface area contributed by atoms with Crippen molar-refractivity contribution in [2.24, 2.45) is 0 Å². The van der Waals surface area contributed by atoms with Crippen molar-refractivity contribution >= 4 is 56.0 Å². The van der Waals surface area contributed by atoms with Crippen LogP contribution in [0.2, 0.25) is 0 Å². The molecule has 0 radical (unpaired) electrons. The van der Waals surface area contributed by atoms with Gasteiger partial charge in [0.2, 0.25) is 5.91 Å². The second kappa shape index (κ2) is 6.74. The van der Waals surface area contributed by atoms with Gasteiger partial charge in [0.25, 0.3) is 0 Å². The summed E-state index contributed by atoms with van der Waals surface area (Å²) in [7, 11) is 0. The molecule has 1 atom stereocenters. The van der Waals surface area contributed by atoms with E-state index in [1.54, 1.807) is 18.2 Å². The average molecular weight is 430 g/mol. The number of nitrogens with zero attached hydrogens (tertiary/aromatic N) is 1. The second-order valence-corrected chi connectivity index (χ2v) is 7.83. The summed E-state index contributed by atoms with van der Waals surface area (Å²) in [6, 6.07) is 14.2. The van der Waals surface area contributed by atoms with E-state index in [2.05, 4.69) is 38.1 Å². The minimum Gasteiger partial charge on any atom is -0.337 e. The molecule has 1 fully saturated rings. The van der Waals surface area contributed by atoms with Gasteiger partial charge in [-0.1, -0.05) is 30.5 Å². The topological polar surface area (TPSA) is 54.0 Å². The molecule has 1 aromatic heterocycles. The van der Waals surface area contributed by atoms with Crippen molar-refractivity contribution in [3.05, 3.63) is 76.0 Å². The maximum Gasteiger partial charge on any atom is 0.242 e. The summed E-state index contributed by atoms with van der Waals surface area (Å²) in [5.74, 6) is 0.119. The van der Waals surface area contributed by atoms with E-state index in [0.29, 0.717) is 21.0 Å². The minimum atomic E-state index is -0.360. The molecule has 26 heavy (non-hydrogen) atoms. The van der Waals surface area contributed by atoms with Gasteiger partial charge in [-0.05, 0) is 57.9 Å². The highest BCUT2D eigenvalue weighted by Crippen LogP contribution is 2.39. The van der Waals surface area contributed by atoms with Gasteiger partial charge in [0.05, 0.1) is 16.2 Å². The molecule has 0 spiro atoms. The third-order valence-electron chi connectivity index (χ3n) is 3.99. The fourth-order valence-corrected chi connectivity index (χ4v) is 4.10. The predicted octanol–water partition coefficient (Wildman–Crippen LogP) is 5.26. The number of halogens is 2. The minimum absolute atomic E-state index is 0.0602. The zero-order chi connectivity index (χ0) is 18.3. The van der Waals surface area contributed by atoms with E-state index in [0.717, 1.165) is 16.5 Å². The van der Waals surface area contributed by atoms with Crippen LogP contribution in [0.15, 0.2) is 64.6 Å². The van der Waals surface area contributed by atoms with E-state index in [4.69, 9.17) is 0 Å². The third-order valence-corrected chi connectivity index (χ3v) is 5.76. The summed E-state index contributed by atoms with van der Waals surface area (Å²) in [5.41, 5.74) is 2.00. The molecule has 1 aliphatic heterocycles. The standard InChI is InChI=1S/C19H13BrFN3OS/c1-10-22-19(25)18(26-10)12-5-7-15-11(9-12)6-8-16(23-15)24-17-13(20)3-2-4-14(17)21/h2-9,18H,1H2,(H,22,25)(H,23,24). The number of hydrogen-bond acceptors (Lipinski definition) is 4. The first-order valence-corrected chi connectivity index (χ1v) is 9.47. The van der Waals surface area contributed by atoms with Crippen molar-refractivity contribution in [3.8, 4) is 0 Å². The van der Waals surface area contributed by atoms with E-state index in [9.17, 15) is 9.18 Å². The Kier molecular flexibility index (Phi) is 4.42. The van der Waals surface area contributed by atoms with Crippen LogP contribution in [-0.2, 0) is 4.79 Å². The summed E-state index contributed by atoms with van der Waals surface area (Å²) in [5, 5.41) is 7.00. The number of rotatable bonds is 3. The van der Waals surface area contributed by atoms with E-state index in [-0.39, 0.29) is 17.0 Å². The normalized spacial score (nSPS) is 16.8. The molecule has 1 unspecified atom stereocenters. The zero-order valence-electron chi connectivity index (χ0n) is 13.4. The van der Waals surface area contributed by atoms with Gasteiger partial charge in [0.1, 0.15) is 16.9 Å². The van der Waals surface area contributed by atoms with E-state index >= 15 is 0 Å². The molecule has 2 N–H and O–H groups in total. The first-order valence-electron chi connectivity index (χ1n) is 7.79. The van der Waals surface area contributed by atoms with Crippen molar-refractivity contribution < 1.29 is 9.18 Å². The van der Waals surface area contributed by atoms with Crippen molar-refractivity contribution in [2.45, 2.75) is 5.25 Å². The van der Waals surface area contributed by atoms with Crippen LogP contribution in [0.1, 0.15) is 10.8 Å². The highest BCUT2D eigenvalue weighted by molar-refractivity contribution is 9.10. The summed E-state index contributed by atoms with van der Waals surface area (Å²) in [6.45, 7) is 3.78. The first kappa shape index (κ1) is 17.1. The molecule has 2 aromatic carbocycles. The quantitative estimate of drug-likeness (QED) is 0.596. The Morgan fingerprint density at radius 2 is 2.08 bits per heavy atom. The maximum absolute atomic E-state index is 14.0. The number of nitrogens with one attached hydrogen (secondary N) is 2. The van der Waals surface area contributed by atoms with Crippen LogP contribution < -0.4 is 10.6 Å². The molecule has 0 aliphatic carbocycles. The molecular weight excluding hydrogens is 417 g/mol. The molecule has 1 aliphatic rings. The molecule has 4 rings (SSSR count). The highest BCUT2D eigenvalue weighted by atomic mass is 79.9. The lowest BCUT2D eigenvalue weighted by Crippen LogP contribution is -2.16. The summed E-state index contributed by atoms with van der Waals surface area (Å²) >= 11 is 4.74. The summed E-state index contributed by atoms with van der Waals surface area (Å²) < 4.78 is 14.6. The molecule has 7 heteroatoms. The van der Waals surface area contributed by atoms with Crippen LogP contribution in [-0.4, -0.2) is 10.9 Å². The van der Waals surface area contributed by atoms with Gasteiger partial charge in [0, 0.05) is 9.86 Å². The SMILES string of the molecule is C=C1NC(=O)C(c2ccc3nc(Nc4c(F)cccc4Br)ccc3c2)S1. The van der Waals surface area contributed by atoms with Crippen LogP contribution in [0.3, 0.4) is 0 Å². The van der Waals surface area contributed by atoms with Crippen molar-refractivity contribution in [2.75, 3.05) is 5.32 Å². The Morgan fingerprint density at radius 3 is 2.81 bits per heavy atom. The zero-order valence-corrected chi connectivity index (χ0v) is 15.8. The van der Waals surface area contributed by atoms with Gasteiger partial charge in [-0.15, -0.1) is 0 Å². The Balaban J connectivity index is 1.65. The largest absolute Gasteiger partial charge is 0.337 e. The summed E-state index contributed by atoms with van der Waals surface area (Å²) in [6.07, 6.45) is 0. The van der Waals surface area contributed by atoms with Crippen LogP contribution >= 0.6 is 27.7 Å². The van der Waals surface area contributed by atoms with E-state index < -0.39 is 0 Å². The fraction of sp³-hybridized carbons (Fsp3) is 0.0526. The van der Waals surface area contributed by atoms with Crippen LogP contribution in [0.25, 0.3) is 10.9 Å². The molecule has 2 heterocycles. The van der Waals surface area contributed by atoms with Gasteiger partial charge in [-0.3, -0.25) is 4.79 Å². The smallest absolute Gasteiger partial charge is 0.242 e. The Hall–Kier alpha value is -2.38. The number of amides is 1. The van der Waals surface area contributed by atoms with Crippen molar-refractivity contribution in [1.29, 1.82) is 0 Å². The lowest BCUT2D eigenvalue weighted by atomic mass is 10.1. The highest BCUT2D eigenvalue weighted by Gasteiger charge is 2.29. The monoisotopic (exact) mass is 429 g/mol. The molecular formula is C19H13BrFN3OS. The number of hydrogen-bond donors (Lipinski definition) is 2. The fourth-order valence-electron chi connectivity index (χ4n) is 2.77. The lowest BCUT2D eigenvalue weighted by Gasteiger charge is -2.11. The maximum atomic E-state index is 14.0. The molecule has 1 saturated heterocycles. The van der Waals surface area contributed by atoms with Crippen LogP contribution in [0.4, 0.5) is 15.9 Å². The molecule has 0 saturated carbocycles. The number of fused-ring (bicyclic) bond motifs is 1. The molecule has 0 bridgehead atoms. The number of thioether (sulfide) groups is 1. The molecule has 3 aromatic rings. The van der Waals surface area contributed by atoms with Gasteiger partial charge in [-0.25, -0.2) is 9.37 Å². The number of carbonyl (C=O) groups excluding carboxylic acids is 1. The molecule has 130 valence electrons.